The molecule has 0 aromatic heterocycles. The van der Waals surface area contributed by atoms with E-state index in [-0.39, 0.29) is 46.5 Å². The van der Waals surface area contributed by atoms with E-state index >= 15 is 0 Å². The average Bonchev–Trinajstić information content (AvgIpc) is 1.65. The van der Waals surface area contributed by atoms with Crippen LogP contribution in [0.1, 0.15) is 0 Å². The SMILES string of the molecule is OCC(O)CO.[Co].[Ni]. The molecule has 0 saturated heterocycles. The van der Waals surface area contributed by atoms with Gasteiger partial charge < -0.3 is 15.3 Å². The summed E-state index contributed by atoms with van der Waals surface area (Å²) >= 11 is 0. The van der Waals surface area contributed by atoms with E-state index < -0.39 is 6.10 Å². The van der Waals surface area contributed by atoms with Crippen molar-refractivity contribution in [2.45, 2.75) is 6.10 Å². The zero-order chi connectivity index (χ0) is 4.99. The Morgan fingerprint density at radius 1 is 1.12 bits per heavy atom. The Morgan fingerprint density at radius 3 is 1.38 bits per heavy atom. The molecule has 0 bridgehead atoms. The van der Waals surface area contributed by atoms with Gasteiger partial charge in [-0.1, -0.05) is 0 Å². The molecular weight excluding hydrogens is 202 g/mol. The van der Waals surface area contributed by atoms with E-state index in [2.05, 4.69) is 0 Å². The van der Waals surface area contributed by atoms with Gasteiger partial charge in [0, 0.05) is 33.3 Å². The van der Waals surface area contributed by atoms with Gasteiger partial charge in [-0.05, 0) is 0 Å². The van der Waals surface area contributed by atoms with Crippen molar-refractivity contribution in [3.63, 3.8) is 0 Å². The van der Waals surface area contributed by atoms with Gasteiger partial charge in [0.05, 0.1) is 13.2 Å². The predicted octanol–water partition coefficient (Wildman–Crippen LogP) is -1.67. The molecule has 0 unspecified atom stereocenters. The van der Waals surface area contributed by atoms with Crippen LogP contribution in [0.25, 0.3) is 0 Å². The Morgan fingerprint density at radius 2 is 1.38 bits per heavy atom. The van der Waals surface area contributed by atoms with Crippen LogP contribution in [0.15, 0.2) is 0 Å². The van der Waals surface area contributed by atoms with Crippen molar-refractivity contribution in [2.24, 2.45) is 0 Å². The van der Waals surface area contributed by atoms with Gasteiger partial charge in [-0.3, -0.25) is 0 Å². The number of rotatable bonds is 2. The number of aliphatic hydroxyl groups is 3. The van der Waals surface area contributed by atoms with Gasteiger partial charge in [0.25, 0.3) is 0 Å². The Balaban J connectivity index is -0.000000125. The van der Waals surface area contributed by atoms with Crippen molar-refractivity contribution in [3.8, 4) is 0 Å². The molecule has 0 spiro atoms. The van der Waals surface area contributed by atoms with Gasteiger partial charge in [-0.15, -0.1) is 0 Å². The van der Waals surface area contributed by atoms with Crippen LogP contribution in [0.4, 0.5) is 0 Å². The van der Waals surface area contributed by atoms with Gasteiger partial charge in [0.15, 0.2) is 0 Å². The van der Waals surface area contributed by atoms with Gasteiger partial charge in [0.1, 0.15) is 6.10 Å². The molecule has 1 radical (unpaired) electrons. The summed E-state index contributed by atoms with van der Waals surface area (Å²) in [6.45, 7) is -0.729. The van der Waals surface area contributed by atoms with Crippen molar-refractivity contribution in [1.82, 2.24) is 0 Å². The first-order valence-electron chi connectivity index (χ1n) is 1.71. The quantitative estimate of drug-likeness (QED) is 0.477. The fraction of sp³-hybridized carbons (Fsp3) is 1.00. The Hall–Kier alpha value is 0.880. The fourth-order valence-electron chi connectivity index (χ4n) is 0.0577. The molecule has 0 aliphatic rings. The molecule has 8 heavy (non-hydrogen) atoms. The topological polar surface area (TPSA) is 60.7 Å². The standard InChI is InChI=1S/C3H8O3.Co.Ni/c4-1-3(6)2-5;;/h3-6H,1-2H2;;. The van der Waals surface area contributed by atoms with E-state index in [0.717, 1.165) is 0 Å². The van der Waals surface area contributed by atoms with Crippen molar-refractivity contribution in [1.29, 1.82) is 0 Å². The van der Waals surface area contributed by atoms with Crippen LogP contribution >= 0.6 is 0 Å². The fourth-order valence-corrected chi connectivity index (χ4v) is 0.0577. The maximum Gasteiger partial charge on any atom is 0.100 e. The van der Waals surface area contributed by atoms with E-state index in [1.807, 2.05) is 0 Å². The second kappa shape index (κ2) is 10.8. The molecule has 3 nitrogen and oxygen atoms in total. The molecule has 0 heterocycles. The minimum absolute atomic E-state index is 0. The molecule has 5 heteroatoms. The van der Waals surface area contributed by atoms with Crippen LogP contribution in [0.3, 0.4) is 0 Å². The van der Waals surface area contributed by atoms with Crippen molar-refractivity contribution >= 4 is 0 Å². The van der Waals surface area contributed by atoms with Gasteiger partial charge >= 0.3 is 0 Å². The van der Waals surface area contributed by atoms with E-state index in [0.29, 0.717) is 0 Å². The molecule has 0 atom stereocenters. The molecule has 0 aliphatic carbocycles. The molecule has 0 aromatic carbocycles. The molecule has 3 N–H and O–H groups in total. The van der Waals surface area contributed by atoms with Crippen LogP contribution in [0.2, 0.25) is 0 Å². The Bertz CT molecular complexity index is 33.7. The molecule has 0 amide bonds. The first kappa shape index (κ1) is 15.9. The largest absolute Gasteiger partial charge is 0.394 e. The van der Waals surface area contributed by atoms with Crippen molar-refractivity contribution in [3.05, 3.63) is 0 Å². The van der Waals surface area contributed by atoms with Crippen LogP contribution in [0, 0.1) is 0 Å². The third-order valence-corrected chi connectivity index (χ3v) is 0.421. The number of hydrogen-bond donors (Lipinski definition) is 3. The van der Waals surface area contributed by atoms with E-state index in [1.165, 1.54) is 0 Å². The minimum Gasteiger partial charge on any atom is -0.394 e. The molecule has 0 rings (SSSR count). The summed E-state index contributed by atoms with van der Waals surface area (Å²) in [5.74, 6) is 0. The average molecular weight is 210 g/mol. The summed E-state index contributed by atoms with van der Waals surface area (Å²) in [6, 6.07) is 0. The third-order valence-electron chi connectivity index (χ3n) is 0.421. The van der Waals surface area contributed by atoms with E-state index in [4.69, 9.17) is 15.3 Å². The zero-order valence-corrected chi connectivity index (χ0v) is 6.01. The van der Waals surface area contributed by atoms with E-state index in [1.54, 1.807) is 0 Å². The first-order chi connectivity index (χ1) is 2.81. The van der Waals surface area contributed by atoms with E-state index in [9.17, 15) is 0 Å². The van der Waals surface area contributed by atoms with Crippen LogP contribution in [-0.2, 0) is 33.3 Å². The van der Waals surface area contributed by atoms with Crippen LogP contribution < -0.4 is 0 Å². The smallest absolute Gasteiger partial charge is 0.100 e. The monoisotopic (exact) mass is 209 g/mol. The van der Waals surface area contributed by atoms with Crippen molar-refractivity contribution < 1.29 is 48.6 Å². The van der Waals surface area contributed by atoms with Crippen LogP contribution in [-0.4, -0.2) is 34.6 Å². The van der Waals surface area contributed by atoms with Gasteiger partial charge in [-0.25, -0.2) is 0 Å². The molecular formula is C3H8CoNiO3. The summed E-state index contributed by atoms with van der Waals surface area (Å²) in [5.41, 5.74) is 0. The Labute approximate surface area is 68.2 Å². The first-order valence-corrected chi connectivity index (χ1v) is 1.71. The number of hydrogen-bond acceptors (Lipinski definition) is 3. The summed E-state index contributed by atoms with van der Waals surface area (Å²) in [4.78, 5) is 0. The minimum atomic E-state index is -0.954. The zero-order valence-electron chi connectivity index (χ0n) is 3.98. The Kier molecular flexibility index (Phi) is 21.5. The van der Waals surface area contributed by atoms with Crippen LogP contribution in [0.5, 0.6) is 0 Å². The molecule has 57 valence electrons. The maximum atomic E-state index is 8.17. The predicted molar refractivity (Wildman–Crippen MR) is 20.2 cm³/mol. The summed E-state index contributed by atoms with van der Waals surface area (Å²) in [7, 11) is 0. The van der Waals surface area contributed by atoms with Gasteiger partial charge in [0.2, 0.25) is 0 Å². The summed E-state index contributed by atoms with van der Waals surface area (Å²) < 4.78 is 0. The number of aliphatic hydroxyl groups excluding tert-OH is 3. The second-order valence-corrected chi connectivity index (χ2v) is 1.02. The maximum absolute atomic E-state index is 8.17. The normalized spacial score (nSPS) is 7.50. The molecule has 0 fully saturated rings. The second-order valence-electron chi connectivity index (χ2n) is 1.02. The van der Waals surface area contributed by atoms with Gasteiger partial charge in [-0.2, -0.15) is 0 Å². The molecule has 0 saturated carbocycles. The summed E-state index contributed by atoms with van der Waals surface area (Å²) in [6.07, 6.45) is -0.954. The third kappa shape index (κ3) is 9.99. The molecule has 0 aromatic rings. The molecule has 0 aliphatic heterocycles. The van der Waals surface area contributed by atoms with Crippen molar-refractivity contribution in [2.75, 3.05) is 13.2 Å². The summed E-state index contributed by atoms with van der Waals surface area (Å²) in [5, 5.41) is 24.0.